The molecule has 1 fully saturated rings. The van der Waals surface area contributed by atoms with Crippen LogP contribution in [0.25, 0.3) is 33.8 Å². The van der Waals surface area contributed by atoms with Crippen molar-refractivity contribution < 1.29 is 31.8 Å². The first-order valence-electron chi connectivity index (χ1n) is 13.7. The number of hydrogen-bond acceptors (Lipinski definition) is 8. The summed E-state index contributed by atoms with van der Waals surface area (Å²) < 4.78 is 77.9. The molecular formula is C29H27F4N7O3. The van der Waals surface area contributed by atoms with Crippen LogP contribution in [0.15, 0.2) is 36.4 Å². The maximum atomic E-state index is 15.2. The van der Waals surface area contributed by atoms with Gasteiger partial charge in [-0.25, -0.2) is 27.6 Å². The molecule has 0 amide bonds. The summed E-state index contributed by atoms with van der Waals surface area (Å²) in [7, 11) is 2.90. The van der Waals surface area contributed by atoms with Crippen molar-refractivity contribution in [1.82, 2.24) is 35.2 Å². The molecular weight excluding hydrogens is 570 g/mol. The van der Waals surface area contributed by atoms with Crippen LogP contribution in [-0.4, -0.2) is 56.0 Å². The first-order valence-corrected chi connectivity index (χ1v) is 13.7. The molecule has 1 unspecified atom stereocenters. The molecule has 0 spiro atoms. The minimum atomic E-state index is -1.06. The molecule has 0 bridgehead atoms. The number of aromatic nitrogens is 7. The second-order valence-electron chi connectivity index (χ2n) is 10.3. The SMILES string of the molecule is COc1ccc(-c2nc3cc(F)c(F)cc3n2C(COc2c(F)cc(-c3nnn[nH]3)cc2F)C2CCCCC2)c(OC)n1. The number of imidazole rings is 1. The van der Waals surface area contributed by atoms with Crippen LogP contribution < -0.4 is 14.2 Å². The molecule has 0 radical (unpaired) electrons. The van der Waals surface area contributed by atoms with E-state index in [0.717, 1.165) is 56.4 Å². The number of H-pyrrole nitrogens is 1. The molecule has 1 atom stereocenters. The number of hydrogen-bond donors (Lipinski definition) is 1. The van der Waals surface area contributed by atoms with Crippen molar-refractivity contribution >= 4 is 11.0 Å². The van der Waals surface area contributed by atoms with Gasteiger partial charge in [-0.3, -0.25) is 0 Å². The summed E-state index contributed by atoms with van der Waals surface area (Å²) in [6.45, 7) is -0.189. The van der Waals surface area contributed by atoms with E-state index in [-0.39, 0.29) is 35.3 Å². The Morgan fingerprint density at radius 3 is 2.33 bits per heavy atom. The molecule has 43 heavy (non-hydrogen) atoms. The average molecular weight is 598 g/mol. The van der Waals surface area contributed by atoms with Gasteiger partial charge in [0.05, 0.1) is 36.9 Å². The zero-order valence-electron chi connectivity index (χ0n) is 23.3. The number of tetrazole rings is 1. The molecule has 224 valence electrons. The topological polar surface area (TPSA) is 113 Å². The van der Waals surface area contributed by atoms with Gasteiger partial charge in [0.2, 0.25) is 11.8 Å². The number of fused-ring (bicyclic) bond motifs is 1. The van der Waals surface area contributed by atoms with E-state index in [2.05, 4.69) is 30.6 Å². The molecule has 1 aliphatic carbocycles. The number of pyridine rings is 1. The Hall–Kier alpha value is -4.75. The van der Waals surface area contributed by atoms with Crippen LogP contribution in [0, 0.1) is 29.2 Å². The average Bonchev–Trinajstić information content (AvgIpc) is 3.68. The number of halogens is 4. The second-order valence-corrected chi connectivity index (χ2v) is 10.3. The van der Waals surface area contributed by atoms with Gasteiger partial charge in [-0.05, 0) is 47.4 Å². The van der Waals surface area contributed by atoms with E-state index in [9.17, 15) is 8.78 Å². The van der Waals surface area contributed by atoms with E-state index in [1.807, 2.05) is 0 Å². The van der Waals surface area contributed by atoms with E-state index in [1.54, 1.807) is 16.7 Å². The molecule has 10 nitrogen and oxygen atoms in total. The van der Waals surface area contributed by atoms with Crippen LogP contribution in [0.2, 0.25) is 0 Å². The molecule has 0 aliphatic heterocycles. The fourth-order valence-corrected chi connectivity index (χ4v) is 5.70. The fraction of sp³-hybridized carbons (Fsp3) is 0.345. The fourth-order valence-electron chi connectivity index (χ4n) is 5.70. The molecule has 0 saturated heterocycles. The highest BCUT2D eigenvalue weighted by atomic mass is 19.2. The molecule has 1 aliphatic rings. The zero-order chi connectivity index (χ0) is 30.1. The number of nitrogens with zero attached hydrogens (tertiary/aromatic N) is 6. The third-order valence-electron chi connectivity index (χ3n) is 7.75. The third kappa shape index (κ3) is 5.44. The Labute approximate surface area is 243 Å². The predicted octanol–water partition coefficient (Wildman–Crippen LogP) is 6.05. The number of benzene rings is 2. The van der Waals surface area contributed by atoms with Crippen LogP contribution in [0.5, 0.6) is 17.5 Å². The van der Waals surface area contributed by atoms with Crippen molar-refractivity contribution in [2.45, 2.75) is 38.1 Å². The molecule has 6 rings (SSSR count). The van der Waals surface area contributed by atoms with Gasteiger partial charge < -0.3 is 18.8 Å². The van der Waals surface area contributed by atoms with Gasteiger partial charge in [-0.1, -0.05) is 19.3 Å². The maximum absolute atomic E-state index is 15.2. The third-order valence-corrected chi connectivity index (χ3v) is 7.75. The summed E-state index contributed by atoms with van der Waals surface area (Å²) in [5.74, 6) is -3.74. The van der Waals surface area contributed by atoms with Gasteiger partial charge in [0.1, 0.15) is 12.4 Å². The highest BCUT2D eigenvalue weighted by Gasteiger charge is 2.32. The van der Waals surface area contributed by atoms with Gasteiger partial charge in [0.15, 0.2) is 34.8 Å². The standard InChI is InChI=1S/C29H27F4N7O3/c1-41-25-9-8-17(29(35-25)42-2)28-34-22-12-18(30)19(31)13-23(22)40(28)24(15-6-4-3-5-7-15)14-43-26-20(32)10-16(11-21(26)33)27-36-38-39-37-27/h8-13,15,24H,3-7,14H2,1-2H3,(H,36,37,38,39). The molecule has 5 aromatic rings. The van der Waals surface area contributed by atoms with E-state index in [4.69, 9.17) is 14.2 Å². The van der Waals surface area contributed by atoms with Gasteiger partial charge in [0.25, 0.3) is 0 Å². The highest BCUT2D eigenvalue weighted by molar-refractivity contribution is 5.82. The summed E-state index contributed by atoms with van der Waals surface area (Å²) in [5, 5.41) is 13.0. The zero-order valence-corrected chi connectivity index (χ0v) is 23.3. The van der Waals surface area contributed by atoms with Crippen LogP contribution >= 0.6 is 0 Å². The minimum absolute atomic E-state index is 0.0270. The van der Waals surface area contributed by atoms with E-state index >= 15 is 8.78 Å². The van der Waals surface area contributed by atoms with Crippen molar-refractivity contribution in [1.29, 1.82) is 0 Å². The Morgan fingerprint density at radius 1 is 0.907 bits per heavy atom. The summed E-state index contributed by atoms with van der Waals surface area (Å²) in [4.78, 5) is 9.02. The quantitative estimate of drug-likeness (QED) is 0.204. The van der Waals surface area contributed by atoms with Crippen molar-refractivity contribution in [2.24, 2.45) is 5.92 Å². The Balaban J connectivity index is 1.47. The number of nitrogens with one attached hydrogen (secondary N) is 1. The lowest BCUT2D eigenvalue weighted by molar-refractivity contribution is 0.162. The molecule has 14 heteroatoms. The van der Waals surface area contributed by atoms with Crippen molar-refractivity contribution in [3.8, 4) is 40.3 Å². The summed E-state index contributed by atoms with van der Waals surface area (Å²) in [6.07, 6.45) is 4.48. The van der Waals surface area contributed by atoms with Crippen LogP contribution in [0.1, 0.15) is 38.1 Å². The lowest BCUT2D eigenvalue weighted by atomic mass is 9.83. The number of methoxy groups -OCH3 is 2. The van der Waals surface area contributed by atoms with Gasteiger partial charge >= 0.3 is 0 Å². The maximum Gasteiger partial charge on any atom is 0.227 e. The second kappa shape index (κ2) is 11.9. The van der Waals surface area contributed by atoms with Crippen molar-refractivity contribution in [3.63, 3.8) is 0 Å². The summed E-state index contributed by atoms with van der Waals surface area (Å²) in [5.41, 5.74) is 1.02. The Bertz CT molecular complexity index is 1730. The smallest absolute Gasteiger partial charge is 0.227 e. The molecule has 3 heterocycles. The summed E-state index contributed by atoms with van der Waals surface area (Å²) in [6, 6.07) is 6.95. The minimum Gasteiger partial charge on any atom is -0.485 e. The first kappa shape index (κ1) is 28.4. The number of aromatic amines is 1. The predicted molar refractivity (Wildman–Crippen MR) is 147 cm³/mol. The van der Waals surface area contributed by atoms with Crippen LogP contribution in [0.3, 0.4) is 0 Å². The highest BCUT2D eigenvalue weighted by Crippen LogP contribution is 2.41. The van der Waals surface area contributed by atoms with E-state index < -0.39 is 35.1 Å². The van der Waals surface area contributed by atoms with Crippen LogP contribution in [-0.2, 0) is 0 Å². The lowest BCUT2D eigenvalue weighted by Crippen LogP contribution is -2.28. The molecule has 1 N–H and O–H groups in total. The van der Waals surface area contributed by atoms with Gasteiger partial charge in [0, 0.05) is 23.8 Å². The normalized spacial score (nSPS) is 14.7. The molecule has 3 aromatic heterocycles. The largest absolute Gasteiger partial charge is 0.485 e. The lowest BCUT2D eigenvalue weighted by Gasteiger charge is -2.33. The first-order chi connectivity index (χ1) is 20.9. The number of rotatable bonds is 9. The van der Waals surface area contributed by atoms with Crippen LogP contribution in [0.4, 0.5) is 17.6 Å². The van der Waals surface area contributed by atoms with Gasteiger partial charge in [-0.2, -0.15) is 4.98 Å². The molecule has 1 saturated carbocycles. The number of ether oxygens (including phenoxy) is 3. The van der Waals surface area contributed by atoms with Crippen molar-refractivity contribution in [2.75, 3.05) is 20.8 Å². The molecule has 2 aromatic carbocycles. The van der Waals surface area contributed by atoms with E-state index in [1.165, 1.54) is 14.2 Å². The Morgan fingerprint density at radius 2 is 1.65 bits per heavy atom. The summed E-state index contributed by atoms with van der Waals surface area (Å²) >= 11 is 0. The van der Waals surface area contributed by atoms with Crippen molar-refractivity contribution in [3.05, 3.63) is 59.7 Å². The van der Waals surface area contributed by atoms with Gasteiger partial charge in [-0.15, -0.1) is 5.10 Å². The Kier molecular flexibility index (Phi) is 7.82. The monoisotopic (exact) mass is 597 g/mol. The van der Waals surface area contributed by atoms with E-state index in [0.29, 0.717) is 22.8 Å².